The van der Waals surface area contributed by atoms with Crippen molar-refractivity contribution >= 4 is 17.8 Å². The van der Waals surface area contributed by atoms with Gasteiger partial charge in [0.25, 0.3) is 5.91 Å². The SMILES string of the molecule is COC(=O)c1ccccc1C(=O)OCC(=O)N(Cc1ccc(OC)cc1)C1CC1. The van der Waals surface area contributed by atoms with Crippen LogP contribution < -0.4 is 4.74 Å². The lowest BCUT2D eigenvalue weighted by Gasteiger charge is -2.22. The van der Waals surface area contributed by atoms with Gasteiger partial charge in [0.05, 0.1) is 25.3 Å². The minimum absolute atomic E-state index is 0.0697. The molecule has 0 bridgehead atoms. The number of ether oxygens (including phenoxy) is 3. The molecule has 0 N–H and O–H groups in total. The Morgan fingerprint density at radius 2 is 1.55 bits per heavy atom. The topological polar surface area (TPSA) is 82.1 Å². The number of hydrogen-bond donors (Lipinski definition) is 0. The summed E-state index contributed by atoms with van der Waals surface area (Å²) in [5.41, 5.74) is 1.14. The maximum atomic E-state index is 12.7. The lowest BCUT2D eigenvalue weighted by molar-refractivity contribution is -0.135. The Kier molecular flexibility index (Phi) is 6.49. The number of nitrogens with zero attached hydrogens (tertiary/aromatic N) is 1. The molecule has 7 heteroatoms. The van der Waals surface area contributed by atoms with Gasteiger partial charge in [-0.15, -0.1) is 0 Å². The molecule has 0 spiro atoms. The highest BCUT2D eigenvalue weighted by Gasteiger charge is 2.33. The summed E-state index contributed by atoms with van der Waals surface area (Å²) >= 11 is 0. The summed E-state index contributed by atoms with van der Waals surface area (Å²) in [5, 5.41) is 0. The molecule has 1 aliphatic rings. The molecule has 0 aromatic heterocycles. The Morgan fingerprint density at radius 1 is 0.931 bits per heavy atom. The van der Waals surface area contributed by atoms with Gasteiger partial charge in [0.1, 0.15) is 5.75 Å². The van der Waals surface area contributed by atoms with E-state index < -0.39 is 11.9 Å². The predicted molar refractivity (Wildman–Crippen MR) is 105 cm³/mol. The highest BCUT2D eigenvalue weighted by atomic mass is 16.5. The lowest BCUT2D eigenvalue weighted by Crippen LogP contribution is -2.36. The Labute approximate surface area is 169 Å². The minimum atomic E-state index is -0.737. The fourth-order valence-electron chi connectivity index (χ4n) is 2.97. The van der Waals surface area contributed by atoms with E-state index in [4.69, 9.17) is 9.47 Å². The molecule has 7 nitrogen and oxygen atoms in total. The first-order valence-corrected chi connectivity index (χ1v) is 9.30. The molecule has 0 heterocycles. The molecule has 0 saturated heterocycles. The first-order chi connectivity index (χ1) is 14.0. The van der Waals surface area contributed by atoms with E-state index in [0.29, 0.717) is 6.54 Å². The Bertz CT molecular complexity index is 888. The van der Waals surface area contributed by atoms with Crippen molar-refractivity contribution < 1.29 is 28.6 Å². The van der Waals surface area contributed by atoms with Crippen molar-refractivity contribution in [2.75, 3.05) is 20.8 Å². The largest absolute Gasteiger partial charge is 0.497 e. The second-order valence-corrected chi connectivity index (χ2v) is 6.71. The van der Waals surface area contributed by atoms with Crippen LogP contribution in [0, 0.1) is 0 Å². The van der Waals surface area contributed by atoms with Crippen molar-refractivity contribution in [1.29, 1.82) is 0 Å². The standard InChI is InChI=1S/C22H23NO6/c1-27-17-11-7-15(8-12-17)13-23(16-9-10-16)20(24)14-29-22(26)19-6-4-3-5-18(19)21(25)28-2/h3-8,11-12,16H,9-10,13-14H2,1-2H3. The zero-order chi connectivity index (χ0) is 20.8. The molecule has 29 heavy (non-hydrogen) atoms. The summed E-state index contributed by atoms with van der Waals surface area (Å²) in [6.45, 7) is 0.0464. The predicted octanol–water partition coefficient (Wildman–Crippen LogP) is 2.83. The van der Waals surface area contributed by atoms with Crippen LogP contribution in [0.3, 0.4) is 0 Å². The minimum Gasteiger partial charge on any atom is -0.497 e. The molecule has 0 radical (unpaired) electrons. The zero-order valence-electron chi connectivity index (χ0n) is 16.4. The van der Waals surface area contributed by atoms with Crippen LogP contribution in [0.4, 0.5) is 0 Å². The maximum Gasteiger partial charge on any atom is 0.339 e. The Balaban J connectivity index is 1.63. The van der Waals surface area contributed by atoms with E-state index in [1.54, 1.807) is 24.1 Å². The van der Waals surface area contributed by atoms with E-state index in [-0.39, 0.29) is 29.7 Å². The Hall–Kier alpha value is -3.35. The van der Waals surface area contributed by atoms with E-state index in [9.17, 15) is 14.4 Å². The summed E-state index contributed by atoms with van der Waals surface area (Å²) < 4.78 is 15.0. The van der Waals surface area contributed by atoms with Crippen LogP contribution in [-0.2, 0) is 20.8 Å². The molecule has 1 saturated carbocycles. The van der Waals surface area contributed by atoms with Gasteiger partial charge in [-0.2, -0.15) is 0 Å². The fraction of sp³-hybridized carbons (Fsp3) is 0.318. The third-order valence-electron chi connectivity index (χ3n) is 4.70. The van der Waals surface area contributed by atoms with Crippen LogP contribution in [0.2, 0.25) is 0 Å². The highest BCUT2D eigenvalue weighted by molar-refractivity contribution is 6.03. The highest BCUT2D eigenvalue weighted by Crippen LogP contribution is 2.29. The molecule has 0 aliphatic heterocycles. The van der Waals surface area contributed by atoms with Crippen molar-refractivity contribution in [3.05, 3.63) is 65.2 Å². The maximum absolute atomic E-state index is 12.7. The number of carbonyl (C=O) groups excluding carboxylic acids is 3. The number of hydrogen-bond acceptors (Lipinski definition) is 6. The van der Waals surface area contributed by atoms with Crippen molar-refractivity contribution in [3.8, 4) is 5.75 Å². The summed E-state index contributed by atoms with van der Waals surface area (Å²) in [5.74, 6) is -0.897. The van der Waals surface area contributed by atoms with Gasteiger partial charge in [-0.3, -0.25) is 4.79 Å². The van der Waals surface area contributed by atoms with E-state index >= 15 is 0 Å². The first-order valence-electron chi connectivity index (χ1n) is 9.30. The monoisotopic (exact) mass is 397 g/mol. The molecule has 0 atom stereocenters. The number of benzene rings is 2. The average molecular weight is 397 g/mol. The zero-order valence-corrected chi connectivity index (χ0v) is 16.4. The van der Waals surface area contributed by atoms with Gasteiger partial charge >= 0.3 is 11.9 Å². The second-order valence-electron chi connectivity index (χ2n) is 6.71. The summed E-state index contributed by atoms with van der Waals surface area (Å²) in [7, 11) is 2.84. The average Bonchev–Trinajstić information content (AvgIpc) is 3.60. The van der Waals surface area contributed by atoms with E-state index in [2.05, 4.69) is 4.74 Å². The third-order valence-corrected chi connectivity index (χ3v) is 4.70. The molecule has 2 aromatic carbocycles. The fourth-order valence-corrected chi connectivity index (χ4v) is 2.97. The lowest BCUT2D eigenvalue weighted by atomic mass is 10.1. The van der Waals surface area contributed by atoms with Gasteiger partial charge in [-0.05, 0) is 42.7 Å². The summed E-state index contributed by atoms with van der Waals surface area (Å²) in [4.78, 5) is 38.6. The van der Waals surface area contributed by atoms with Gasteiger partial charge in [-0.1, -0.05) is 24.3 Å². The number of esters is 2. The van der Waals surface area contributed by atoms with Gasteiger partial charge in [-0.25, -0.2) is 9.59 Å². The second kappa shape index (κ2) is 9.23. The van der Waals surface area contributed by atoms with Crippen LogP contribution >= 0.6 is 0 Å². The molecule has 152 valence electrons. The number of amides is 1. The van der Waals surface area contributed by atoms with Crippen molar-refractivity contribution in [2.45, 2.75) is 25.4 Å². The van der Waals surface area contributed by atoms with E-state index in [1.807, 2.05) is 24.3 Å². The van der Waals surface area contributed by atoms with Crippen molar-refractivity contribution in [2.24, 2.45) is 0 Å². The van der Waals surface area contributed by atoms with Crippen molar-refractivity contribution in [1.82, 2.24) is 4.90 Å². The summed E-state index contributed by atoms with van der Waals surface area (Å²) in [6, 6.07) is 13.8. The molecule has 0 unspecified atom stereocenters. The van der Waals surface area contributed by atoms with Gasteiger partial charge in [0.2, 0.25) is 0 Å². The van der Waals surface area contributed by atoms with Crippen LogP contribution in [0.5, 0.6) is 5.75 Å². The van der Waals surface area contributed by atoms with Crippen LogP contribution in [-0.4, -0.2) is 49.6 Å². The molecular formula is C22H23NO6. The normalized spacial score (nSPS) is 12.8. The van der Waals surface area contributed by atoms with Gasteiger partial charge < -0.3 is 19.1 Å². The molecule has 1 amide bonds. The first kappa shape index (κ1) is 20.4. The molecular weight excluding hydrogens is 374 g/mol. The van der Waals surface area contributed by atoms with Crippen LogP contribution in [0.25, 0.3) is 0 Å². The third kappa shape index (κ3) is 5.13. The number of carbonyl (C=O) groups is 3. The quantitative estimate of drug-likeness (QED) is 0.637. The van der Waals surface area contributed by atoms with Crippen LogP contribution in [0.15, 0.2) is 48.5 Å². The smallest absolute Gasteiger partial charge is 0.339 e. The number of methoxy groups -OCH3 is 2. The van der Waals surface area contributed by atoms with Crippen molar-refractivity contribution in [3.63, 3.8) is 0 Å². The molecule has 2 aromatic rings. The van der Waals surface area contributed by atoms with Gasteiger partial charge in [0, 0.05) is 12.6 Å². The molecule has 1 fully saturated rings. The van der Waals surface area contributed by atoms with E-state index in [0.717, 1.165) is 24.2 Å². The van der Waals surface area contributed by atoms with E-state index in [1.165, 1.54) is 19.2 Å². The summed E-state index contributed by atoms with van der Waals surface area (Å²) in [6.07, 6.45) is 1.86. The Morgan fingerprint density at radius 3 is 2.10 bits per heavy atom. The number of rotatable bonds is 8. The van der Waals surface area contributed by atoms with Gasteiger partial charge in [0.15, 0.2) is 6.61 Å². The molecule has 3 rings (SSSR count). The molecule has 1 aliphatic carbocycles. The van der Waals surface area contributed by atoms with Crippen LogP contribution in [0.1, 0.15) is 39.1 Å².